The molecule has 0 unspecified atom stereocenters. The van der Waals surface area contributed by atoms with Crippen LogP contribution in [0.4, 0.5) is 18.9 Å². The molecule has 0 atom stereocenters. The highest BCUT2D eigenvalue weighted by molar-refractivity contribution is 5.89. The van der Waals surface area contributed by atoms with Gasteiger partial charge >= 0.3 is 12.1 Å². The molecule has 160 valence electrons. The fraction of sp³-hybridized carbons (Fsp3) is 0.409. The Balaban J connectivity index is 1.49. The molecule has 5 nitrogen and oxygen atoms in total. The first kappa shape index (κ1) is 20.7. The van der Waals surface area contributed by atoms with Crippen LogP contribution in [0.5, 0.6) is 0 Å². The van der Waals surface area contributed by atoms with E-state index in [1.165, 1.54) is 6.07 Å². The van der Waals surface area contributed by atoms with E-state index in [9.17, 15) is 28.2 Å². The van der Waals surface area contributed by atoms with Crippen molar-refractivity contribution >= 4 is 11.7 Å². The number of ether oxygens (including phenoxy) is 1. The largest absolute Gasteiger partial charge is 0.478 e. The summed E-state index contributed by atoms with van der Waals surface area (Å²) in [6.07, 6.45) is -2.86. The summed E-state index contributed by atoms with van der Waals surface area (Å²) in [5.41, 5.74) is 0.402. The molecule has 0 amide bonds. The Morgan fingerprint density at radius 3 is 2.20 bits per heavy atom. The highest BCUT2D eigenvalue weighted by atomic mass is 19.4. The average Bonchev–Trinajstić information content (AvgIpc) is 2.71. The summed E-state index contributed by atoms with van der Waals surface area (Å²) in [6, 6.07) is 10.2. The second-order valence-corrected chi connectivity index (χ2v) is 7.98. The zero-order valence-corrected chi connectivity index (χ0v) is 16.2. The van der Waals surface area contributed by atoms with Crippen molar-refractivity contribution in [1.82, 2.24) is 0 Å². The Kier molecular flexibility index (Phi) is 5.23. The Morgan fingerprint density at radius 1 is 1.07 bits per heavy atom. The summed E-state index contributed by atoms with van der Waals surface area (Å²) in [4.78, 5) is 13.6. The molecule has 2 aromatic rings. The van der Waals surface area contributed by atoms with Crippen LogP contribution in [0.3, 0.4) is 0 Å². The minimum Gasteiger partial charge on any atom is -0.478 e. The number of aromatic carboxylic acids is 1. The van der Waals surface area contributed by atoms with Gasteiger partial charge in [-0.05, 0) is 60.2 Å². The van der Waals surface area contributed by atoms with Gasteiger partial charge in [0.15, 0.2) is 0 Å². The maximum atomic E-state index is 12.8. The Labute approximate surface area is 171 Å². The van der Waals surface area contributed by atoms with E-state index in [-0.39, 0.29) is 24.7 Å². The van der Waals surface area contributed by atoms with Crippen LogP contribution in [0, 0.1) is 0 Å². The van der Waals surface area contributed by atoms with E-state index in [2.05, 4.69) is 4.90 Å². The number of carboxylic acid groups (broad SMARTS) is 1. The number of aliphatic hydroxyl groups is 1. The smallest absolute Gasteiger partial charge is 0.416 e. The molecule has 2 heterocycles. The fourth-order valence-electron chi connectivity index (χ4n) is 4.06. The maximum absolute atomic E-state index is 12.8. The number of piperidine rings is 1. The van der Waals surface area contributed by atoms with E-state index in [1.54, 1.807) is 24.3 Å². The van der Waals surface area contributed by atoms with Gasteiger partial charge in [-0.15, -0.1) is 0 Å². The molecule has 2 fully saturated rings. The number of anilines is 1. The lowest BCUT2D eigenvalue weighted by atomic mass is 9.87. The Hall–Kier alpha value is -2.58. The van der Waals surface area contributed by atoms with Crippen LogP contribution in [0.15, 0.2) is 42.5 Å². The van der Waals surface area contributed by atoms with E-state index in [4.69, 9.17) is 4.74 Å². The number of carboxylic acids is 1. The van der Waals surface area contributed by atoms with E-state index in [0.717, 1.165) is 36.2 Å². The number of nitrogens with zero attached hydrogens (tertiary/aromatic N) is 1. The average molecular weight is 421 g/mol. The Morgan fingerprint density at radius 2 is 1.70 bits per heavy atom. The number of carbonyl (C=O) groups is 1. The molecule has 0 saturated carbocycles. The standard InChI is InChI=1S/C22H22F3NO4/c23-22(24,25)17-3-1-14(2-4-17)15-5-7-26(8-6-15)19-10-16(20(27)28)9-18(11-19)21(29)12-30-13-21/h1-4,9-11,15,29H,5-8,12-13H2,(H,27,28). The van der Waals surface area contributed by atoms with Crippen LogP contribution < -0.4 is 4.90 Å². The summed E-state index contributed by atoms with van der Waals surface area (Å²) >= 11 is 0. The molecule has 0 spiro atoms. The SMILES string of the molecule is O=C(O)c1cc(N2CCC(c3ccc(C(F)(F)F)cc3)CC2)cc(C2(O)COC2)c1. The van der Waals surface area contributed by atoms with Crippen LogP contribution in [-0.4, -0.2) is 42.5 Å². The predicted octanol–water partition coefficient (Wildman–Crippen LogP) is 4.01. The molecular weight excluding hydrogens is 399 g/mol. The minimum absolute atomic E-state index is 0.104. The van der Waals surface area contributed by atoms with Gasteiger partial charge < -0.3 is 19.8 Å². The molecule has 2 N–H and O–H groups in total. The second kappa shape index (κ2) is 7.59. The van der Waals surface area contributed by atoms with Gasteiger partial charge in [0.2, 0.25) is 0 Å². The molecule has 30 heavy (non-hydrogen) atoms. The third kappa shape index (κ3) is 4.02. The normalized spacial score (nSPS) is 19.4. The summed E-state index contributed by atoms with van der Waals surface area (Å²) < 4.78 is 43.4. The first-order valence-electron chi connectivity index (χ1n) is 9.77. The lowest BCUT2D eigenvalue weighted by Crippen LogP contribution is -2.46. The molecular formula is C22H22F3NO4. The van der Waals surface area contributed by atoms with E-state index < -0.39 is 23.3 Å². The molecule has 0 bridgehead atoms. The number of hydrogen-bond donors (Lipinski definition) is 2. The highest BCUT2D eigenvalue weighted by Crippen LogP contribution is 2.36. The van der Waals surface area contributed by atoms with Crippen LogP contribution in [0.1, 0.15) is 45.8 Å². The van der Waals surface area contributed by atoms with Crippen LogP contribution in [0.2, 0.25) is 0 Å². The number of benzene rings is 2. The van der Waals surface area contributed by atoms with Crippen molar-refractivity contribution in [2.24, 2.45) is 0 Å². The molecule has 4 rings (SSSR count). The zero-order valence-electron chi connectivity index (χ0n) is 16.2. The third-order valence-corrected chi connectivity index (χ3v) is 5.95. The van der Waals surface area contributed by atoms with E-state index >= 15 is 0 Å². The third-order valence-electron chi connectivity index (χ3n) is 5.95. The van der Waals surface area contributed by atoms with Crippen molar-refractivity contribution in [2.75, 3.05) is 31.2 Å². The fourth-order valence-corrected chi connectivity index (χ4v) is 4.06. The predicted molar refractivity (Wildman–Crippen MR) is 104 cm³/mol. The van der Waals surface area contributed by atoms with E-state index in [0.29, 0.717) is 18.7 Å². The van der Waals surface area contributed by atoms with Gasteiger partial charge in [-0.1, -0.05) is 12.1 Å². The van der Waals surface area contributed by atoms with Crippen LogP contribution in [-0.2, 0) is 16.5 Å². The summed E-state index contributed by atoms with van der Waals surface area (Å²) in [5, 5.41) is 20.0. The lowest BCUT2D eigenvalue weighted by Gasteiger charge is -2.38. The lowest BCUT2D eigenvalue weighted by molar-refractivity contribution is -0.184. The Bertz CT molecular complexity index is 930. The molecule has 0 aromatic heterocycles. The first-order chi connectivity index (χ1) is 14.2. The minimum atomic E-state index is -4.34. The number of halogens is 3. The topological polar surface area (TPSA) is 70.0 Å². The van der Waals surface area contributed by atoms with Crippen molar-refractivity contribution in [1.29, 1.82) is 0 Å². The van der Waals surface area contributed by atoms with E-state index in [1.807, 2.05) is 0 Å². The molecule has 0 aliphatic carbocycles. The summed E-state index contributed by atoms with van der Waals surface area (Å²) in [5.74, 6) is -0.920. The highest BCUT2D eigenvalue weighted by Gasteiger charge is 2.39. The molecule has 2 saturated heterocycles. The van der Waals surface area contributed by atoms with Gasteiger partial charge in [-0.3, -0.25) is 0 Å². The monoisotopic (exact) mass is 421 g/mol. The summed E-state index contributed by atoms with van der Waals surface area (Å²) in [7, 11) is 0. The molecule has 2 aliphatic rings. The van der Waals surface area contributed by atoms with Gasteiger partial charge in [-0.2, -0.15) is 13.2 Å². The first-order valence-corrected chi connectivity index (χ1v) is 9.77. The summed E-state index contributed by atoms with van der Waals surface area (Å²) in [6.45, 7) is 1.54. The van der Waals surface area contributed by atoms with Crippen molar-refractivity contribution in [3.63, 3.8) is 0 Å². The van der Waals surface area contributed by atoms with Gasteiger partial charge in [0.05, 0.1) is 24.3 Å². The van der Waals surface area contributed by atoms with Gasteiger partial charge in [-0.25, -0.2) is 4.79 Å². The second-order valence-electron chi connectivity index (χ2n) is 7.98. The molecule has 2 aromatic carbocycles. The number of alkyl halides is 3. The van der Waals surface area contributed by atoms with Gasteiger partial charge in [0, 0.05) is 18.8 Å². The van der Waals surface area contributed by atoms with Crippen molar-refractivity contribution in [2.45, 2.75) is 30.5 Å². The van der Waals surface area contributed by atoms with Gasteiger partial charge in [0.1, 0.15) is 5.60 Å². The maximum Gasteiger partial charge on any atom is 0.416 e. The molecule has 0 radical (unpaired) electrons. The molecule has 8 heteroatoms. The van der Waals surface area contributed by atoms with Gasteiger partial charge in [0.25, 0.3) is 0 Å². The number of rotatable bonds is 4. The quantitative estimate of drug-likeness (QED) is 0.781. The van der Waals surface area contributed by atoms with Crippen LogP contribution in [0.25, 0.3) is 0 Å². The van der Waals surface area contributed by atoms with Crippen molar-refractivity contribution < 1.29 is 32.9 Å². The molecule has 2 aliphatic heterocycles. The van der Waals surface area contributed by atoms with Crippen molar-refractivity contribution in [3.05, 3.63) is 64.7 Å². The zero-order chi connectivity index (χ0) is 21.5. The van der Waals surface area contributed by atoms with Crippen molar-refractivity contribution in [3.8, 4) is 0 Å². The van der Waals surface area contributed by atoms with Crippen LogP contribution >= 0.6 is 0 Å². The number of hydrogen-bond acceptors (Lipinski definition) is 4.